The molecule has 0 atom stereocenters. The zero-order valence-corrected chi connectivity index (χ0v) is 15.7. The Labute approximate surface area is 158 Å². The van der Waals surface area contributed by atoms with E-state index in [9.17, 15) is 0 Å². The van der Waals surface area contributed by atoms with E-state index < -0.39 is 0 Å². The molecule has 0 saturated carbocycles. The van der Waals surface area contributed by atoms with Crippen molar-refractivity contribution in [1.82, 2.24) is 30.4 Å². The Kier molecular flexibility index (Phi) is 6.56. The quantitative estimate of drug-likeness (QED) is 0.469. The van der Waals surface area contributed by atoms with Gasteiger partial charge in [0.25, 0.3) is 0 Å². The van der Waals surface area contributed by atoms with Gasteiger partial charge in [-0.1, -0.05) is 25.1 Å². The standard InChI is InChI=1S/C19H25N7O/c1-3-17-25-23-14-26(17)11-10-21-19(20-4-2)22-12-16-13-27-18(24-16)15-8-6-5-7-9-15/h5-9,13-14H,3-4,10-12H2,1-2H3,(H2,20,21,22). The molecule has 2 N–H and O–H groups in total. The Morgan fingerprint density at radius 1 is 1.19 bits per heavy atom. The number of aromatic nitrogens is 4. The number of oxazole rings is 1. The average Bonchev–Trinajstić information content (AvgIpc) is 3.36. The molecule has 3 aromatic rings. The lowest BCUT2D eigenvalue weighted by atomic mass is 10.2. The van der Waals surface area contributed by atoms with Crippen LogP contribution in [0.15, 0.2) is 52.3 Å². The van der Waals surface area contributed by atoms with Gasteiger partial charge in [-0.15, -0.1) is 10.2 Å². The second kappa shape index (κ2) is 9.51. The Morgan fingerprint density at radius 2 is 2.04 bits per heavy atom. The van der Waals surface area contributed by atoms with Crippen LogP contribution in [0.1, 0.15) is 25.4 Å². The van der Waals surface area contributed by atoms with Gasteiger partial charge >= 0.3 is 0 Å². The largest absolute Gasteiger partial charge is 0.444 e. The van der Waals surface area contributed by atoms with Gasteiger partial charge in [0.05, 0.1) is 6.54 Å². The van der Waals surface area contributed by atoms with Gasteiger partial charge in [0.1, 0.15) is 24.1 Å². The fourth-order valence-electron chi connectivity index (χ4n) is 2.63. The minimum atomic E-state index is 0.443. The number of rotatable bonds is 8. The van der Waals surface area contributed by atoms with Crippen molar-refractivity contribution in [1.29, 1.82) is 0 Å². The van der Waals surface area contributed by atoms with Crippen molar-refractivity contribution in [3.63, 3.8) is 0 Å². The van der Waals surface area contributed by atoms with Gasteiger partial charge in [-0.25, -0.2) is 9.98 Å². The monoisotopic (exact) mass is 367 g/mol. The third kappa shape index (κ3) is 5.16. The fourth-order valence-corrected chi connectivity index (χ4v) is 2.63. The molecule has 0 spiro atoms. The van der Waals surface area contributed by atoms with Gasteiger partial charge in [0.15, 0.2) is 5.96 Å². The van der Waals surface area contributed by atoms with Crippen molar-refractivity contribution in [3.8, 4) is 11.5 Å². The lowest BCUT2D eigenvalue weighted by Crippen LogP contribution is -2.38. The molecule has 27 heavy (non-hydrogen) atoms. The van der Waals surface area contributed by atoms with Crippen LogP contribution in [0.2, 0.25) is 0 Å². The fraction of sp³-hybridized carbons (Fsp3) is 0.368. The first-order chi connectivity index (χ1) is 13.3. The van der Waals surface area contributed by atoms with Crippen molar-refractivity contribution in [2.75, 3.05) is 13.1 Å². The van der Waals surface area contributed by atoms with Crippen LogP contribution >= 0.6 is 0 Å². The molecular formula is C19H25N7O. The molecule has 0 fully saturated rings. The predicted molar refractivity (Wildman–Crippen MR) is 104 cm³/mol. The maximum atomic E-state index is 5.56. The Hall–Kier alpha value is -3.16. The topological polar surface area (TPSA) is 93.2 Å². The molecule has 0 radical (unpaired) electrons. The SMILES string of the molecule is CCNC(=NCc1coc(-c2ccccc2)n1)NCCn1cnnc1CC. The van der Waals surface area contributed by atoms with Crippen LogP contribution in [-0.4, -0.2) is 38.8 Å². The molecule has 0 aliphatic heterocycles. The zero-order chi connectivity index (χ0) is 18.9. The Morgan fingerprint density at radius 3 is 2.81 bits per heavy atom. The van der Waals surface area contributed by atoms with Crippen LogP contribution < -0.4 is 10.6 Å². The Balaban J connectivity index is 1.56. The van der Waals surface area contributed by atoms with E-state index in [0.29, 0.717) is 12.4 Å². The van der Waals surface area contributed by atoms with Gasteiger partial charge in [-0.05, 0) is 19.1 Å². The highest BCUT2D eigenvalue weighted by Crippen LogP contribution is 2.18. The summed E-state index contributed by atoms with van der Waals surface area (Å²) in [5.41, 5.74) is 1.75. The molecule has 2 heterocycles. The number of nitrogens with one attached hydrogen (secondary N) is 2. The first-order valence-corrected chi connectivity index (χ1v) is 9.18. The number of hydrogen-bond donors (Lipinski definition) is 2. The van der Waals surface area contributed by atoms with Crippen LogP contribution in [0, 0.1) is 0 Å². The molecule has 0 amide bonds. The summed E-state index contributed by atoms with van der Waals surface area (Å²) >= 11 is 0. The minimum Gasteiger partial charge on any atom is -0.444 e. The Bertz CT molecular complexity index is 854. The van der Waals surface area contributed by atoms with Gasteiger partial charge in [-0.2, -0.15) is 0 Å². The number of aliphatic imine (C=N–C) groups is 1. The van der Waals surface area contributed by atoms with Crippen molar-refractivity contribution in [3.05, 3.63) is 54.4 Å². The summed E-state index contributed by atoms with van der Waals surface area (Å²) in [5, 5.41) is 14.6. The highest BCUT2D eigenvalue weighted by atomic mass is 16.3. The first kappa shape index (κ1) is 18.6. The molecule has 0 saturated heterocycles. The molecule has 8 nitrogen and oxygen atoms in total. The first-order valence-electron chi connectivity index (χ1n) is 9.18. The van der Waals surface area contributed by atoms with Crippen LogP contribution in [0.5, 0.6) is 0 Å². The summed E-state index contributed by atoms with van der Waals surface area (Å²) in [5.74, 6) is 2.33. The highest BCUT2D eigenvalue weighted by molar-refractivity contribution is 5.79. The van der Waals surface area contributed by atoms with Crippen molar-refractivity contribution in [2.45, 2.75) is 33.4 Å². The molecule has 2 aromatic heterocycles. The number of guanidine groups is 1. The number of benzene rings is 1. The van der Waals surface area contributed by atoms with Gasteiger partial charge in [0.2, 0.25) is 5.89 Å². The van der Waals surface area contributed by atoms with Gasteiger partial charge < -0.3 is 19.6 Å². The smallest absolute Gasteiger partial charge is 0.226 e. The molecule has 3 rings (SSSR count). The molecule has 8 heteroatoms. The summed E-state index contributed by atoms with van der Waals surface area (Å²) in [4.78, 5) is 9.09. The van der Waals surface area contributed by atoms with E-state index in [0.717, 1.165) is 49.1 Å². The molecule has 0 bridgehead atoms. The summed E-state index contributed by atoms with van der Waals surface area (Å²) in [7, 11) is 0. The van der Waals surface area contributed by atoms with E-state index in [1.807, 2.05) is 41.8 Å². The normalized spacial score (nSPS) is 11.6. The van der Waals surface area contributed by atoms with E-state index in [4.69, 9.17) is 4.42 Å². The number of aryl methyl sites for hydroxylation is 1. The van der Waals surface area contributed by atoms with Crippen LogP contribution in [0.3, 0.4) is 0 Å². The molecule has 0 aliphatic carbocycles. The van der Waals surface area contributed by atoms with Crippen LogP contribution in [-0.2, 0) is 19.5 Å². The third-order valence-corrected chi connectivity index (χ3v) is 3.97. The van der Waals surface area contributed by atoms with E-state index >= 15 is 0 Å². The van der Waals surface area contributed by atoms with E-state index in [1.165, 1.54) is 0 Å². The molecule has 0 aliphatic rings. The molecule has 142 valence electrons. The van der Waals surface area contributed by atoms with E-state index in [2.05, 4.69) is 37.7 Å². The lowest BCUT2D eigenvalue weighted by Gasteiger charge is -2.11. The number of hydrogen-bond acceptors (Lipinski definition) is 5. The van der Waals surface area contributed by atoms with E-state index in [-0.39, 0.29) is 0 Å². The molecule has 1 aromatic carbocycles. The lowest BCUT2D eigenvalue weighted by molar-refractivity contribution is 0.572. The van der Waals surface area contributed by atoms with E-state index in [1.54, 1.807) is 12.6 Å². The highest BCUT2D eigenvalue weighted by Gasteiger charge is 2.06. The summed E-state index contributed by atoms with van der Waals surface area (Å²) in [6.07, 6.45) is 4.27. The summed E-state index contributed by atoms with van der Waals surface area (Å²) in [6, 6.07) is 9.84. The predicted octanol–water partition coefficient (Wildman–Crippen LogP) is 2.25. The average molecular weight is 367 g/mol. The molecule has 0 unspecified atom stereocenters. The second-order valence-electron chi connectivity index (χ2n) is 5.93. The number of nitrogens with zero attached hydrogens (tertiary/aromatic N) is 5. The van der Waals surface area contributed by atoms with Gasteiger partial charge in [-0.3, -0.25) is 0 Å². The van der Waals surface area contributed by atoms with Crippen molar-refractivity contribution >= 4 is 5.96 Å². The molecular weight excluding hydrogens is 342 g/mol. The third-order valence-electron chi connectivity index (χ3n) is 3.97. The zero-order valence-electron chi connectivity index (χ0n) is 15.7. The second-order valence-corrected chi connectivity index (χ2v) is 5.93. The van der Waals surface area contributed by atoms with Crippen LogP contribution in [0.4, 0.5) is 0 Å². The van der Waals surface area contributed by atoms with Gasteiger partial charge in [0, 0.05) is 31.6 Å². The maximum absolute atomic E-state index is 5.56. The van der Waals surface area contributed by atoms with Crippen molar-refractivity contribution in [2.24, 2.45) is 4.99 Å². The summed E-state index contributed by atoms with van der Waals surface area (Å²) < 4.78 is 7.60. The summed E-state index contributed by atoms with van der Waals surface area (Å²) in [6.45, 7) is 6.84. The van der Waals surface area contributed by atoms with Crippen molar-refractivity contribution < 1.29 is 4.42 Å². The minimum absolute atomic E-state index is 0.443. The van der Waals surface area contributed by atoms with Crippen LogP contribution in [0.25, 0.3) is 11.5 Å². The maximum Gasteiger partial charge on any atom is 0.226 e.